The average molecular weight is 453 g/mol. The molecular weight excluding hydrogens is 436 g/mol. The summed E-state index contributed by atoms with van der Waals surface area (Å²) in [6, 6.07) is 8.44. The Labute approximate surface area is 187 Å². The minimum atomic E-state index is -0.565. The maximum absolute atomic E-state index is 13.4. The molecule has 9 nitrogen and oxygen atoms in total. The normalized spacial score (nSPS) is 11.8. The van der Waals surface area contributed by atoms with E-state index in [1.54, 1.807) is 18.6 Å². The average Bonchev–Trinajstić information content (AvgIpc) is 3.37. The van der Waals surface area contributed by atoms with Crippen LogP contribution in [0.5, 0.6) is 5.75 Å². The molecule has 2 heterocycles. The lowest BCUT2D eigenvalue weighted by atomic mass is 10.0. The number of rotatable bonds is 5. The van der Waals surface area contributed by atoms with E-state index >= 15 is 0 Å². The third-order valence-electron chi connectivity index (χ3n) is 5.55. The Morgan fingerprint density at radius 1 is 1.03 bits per heavy atom. The first-order chi connectivity index (χ1) is 15.0. The molecule has 1 aliphatic rings. The number of phenolic OH excluding ortho intramolecular Hbond substituents is 1. The third-order valence-corrected chi connectivity index (χ3v) is 5.55. The Balaban J connectivity index is 0.00000245. The molecule has 0 spiro atoms. The van der Waals surface area contributed by atoms with Crippen LogP contribution in [0.3, 0.4) is 0 Å². The molecular formula is C22H17ClN4O5. The Hall–Kier alpha value is -3.98. The highest BCUT2D eigenvalue weighted by Gasteiger charge is 2.33. The smallest absolute Gasteiger partial charge is 0.270 e. The quantitative estimate of drug-likeness (QED) is 0.321. The van der Waals surface area contributed by atoms with Gasteiger partial charge in [0.25, 0.3) is 11.2 Å². The lowest BCUT2D eigenvalue weighted by Gasteiger charge is -2.15. The van der Waals surface area contributed by atoms with E-state index in [4.69, 9.17) is 0 Å². The van der Waals surface area contributed by atoms with Crippen LogP contribution in [0, 0.1) is 10.1 Å². The second-order valence-electron chi connectivity index (χ2n) is 7.38. The van der Waals surface area contributed by atoms with Gasteiger partial charge < -0.3 is 14.2 Å². The van der Waals surface area contributed by atoms with Crippen LogP contribution in [-0.4, -0.2) is 29.9 Å². The van der Waals surface area contributed by atoms with Crippen LogP contribution in [0.4, 0.5) is 5.69 Å². The van der Waals surface area contributed by atoms with Crippen molar-refractivity contribution in [2.24, 2.45) is 0 Å². The summed E-state index contributed by atoms with van der Waals surface area (Å²) in [6.07, 6.45) is 5.75. The van der Waals surface area contributed by atoms with E-state index in [0.717, 1.165) is 0 Å². The summed E-state index contributed by atoms with van der Waals surface area (Å²) in [6.45, 7) is 0.927. The molecule has 0 amide bonds. The number of nitrogens with zero attached hydrogens (tertiary/aromatic N) is 4. The zero-order chi connectivity index (χ0) is 21.7. The fraction of sp³-hybridized carbons (Fsp3) is 0.136. The zero-order valence-electron chi connectivity index (χ0n) is 16.6. The van der Waals surface area contributed by atoms with Crippen molar-refractivity contribution < 1.29 is 14.8 Å². The number of halogens is 1. The molecule has 0 fully saturated rings. The van der Waals surface area contributed by atoms with Gasteiger partial charge in [-0.05, 0) is 30.7 Å². The monoisotopic (exact) mass is 452 g/mol. The molecule has 0 radical (unpaired) electrons. The molecule has 1 N–H and O–H groups in total. The zero-order valence-corrected chi connectivity index (χ0v) is 17.4. The van der Waals surface area contributed by atoms with E-state index in [1.165, 1.54) is 34.9 Å². The fourth-order valence-electron chi connectivity index (χ4n) is 4.17. The number of non-ortho nitro benzene ring substituents is 1. The molecule has 0 saturated heterocycles. The van der Waals surface area contributed by atoms with Crippen LogP contribution in [-0.2, 0) is 13.1 Å². The van der Waals surface area contributed by atoms with Crippen LogP contribution in [0.2, 0.25) is 0 Å². The highest BCUT2D eigenvalue weighted by molar-refractivity contribution is 6.26. The Morgan fingerprint density at radius 3 is 2.56 bits per heavy atom. The Kier molecular flexibility index (Phi) is 5.27. The maximum atomic E-state index is 13.4. The van der Waals surface area contributed by atoms with Crippen molar-refractivity contribution in [3.05, 3.63) is 86.7 Å². The van der Waals surface area contributed by atoms with Crippen molar-refractivity contribution in [2.75, 3.05) is 0 Å². The third kappa shape index (κ3) is 3.23. The molecule has 162 valence electrons. The predicted octanol–water partition coefficient (Wildman–Crippen LogP) is 3.54. The van der Waals surface area contributed by atoms with E-state index in [-0.39, 0.29) is 35.0 Å². The second kappa shape index (κ2) is 7.93. The van der Waals surface area contributed by atoms with Gasteiger partial charge in [0.05, 0.1) is 27.9 Å². The summed E-state index contributed by atoms with van der Waals surface area (Å²) in [7, 11) is 0. The van der Waals surface area contributed by atoms with Gasteiger partial charge in [0, 0.05) is 54.1 Å². The molecule has 10 heteroatoms. The summed E-state index contributed by atoms with van der Waals surface area (Å²) in [4.78, 5) is 41.3. The number of carbonyl (C=O) groups is 1. The van der Waals surface area contributed by atoms with Crippen LogP contribution in [0.25, 0.3) is 22.0 Å². The van der Waals surface area contributed by atoms with E-state index in [1.807, 2.05) is 10.8 Å². The molecule has 5 rings (SSSR count). The maximum Gasteiger partial charge on any atom is 0.270 e. The number of aromatic nitrogens is 3. The van der Waals surface area contributed by atoms with Crippen molar-refractivity contribution >= 4 is 34.7 Å². The van der Waals surface area contributed by atoms with Gasteiger partial charge in [0.15, 0.2) is 5.78 Å². The van der Waals surface area contributed by atoms with Gasteiger partial charge in [-0.2, -0.15) is 0 Å². The van der Waals surface area contributed by atoms with Gasteiger partial charge in [0.2, 0.25) is 0 Å². The number of aromatic hydroxyl groups is 1. The number of fused-ring (bicyclic) bond motifs is 5. The van der Waals surface area contributed by atoms with Gasteiger partial charge in [0.1, 0.15) is 5.75 Å². The molecule has 1 aliphatic carbocycles. The van der Waals surface area contributed by atoms with Gasteiger partial charge >= 0.3 is 0 Å². The minimum Gasteiger partial charge on any atom is -0.508 e. The number of pyridine rings is 1. The number of aryl methyl sites for hydroxylation is 1. The van der Waals surface area contributed by atoms with Crippen molar-refractivity contribution in [1.29, 1.82) is 0 Å². The van der Waals surface area contributed by atoms with Crippen molar-refractivity contribution in [2.45, 2.75) is 19.5 Å². The number of ketones is 1. The highest BCUT2D eigenvalue weighted by Crippen LogP contribution is 2.41. The Bertz CT molecular complexity index is 1440. The first-order valence-corrected chi connectivity index (χ1v) is 9.64. The number of phenols is 1. The number of nitro benzene ring substituents is 1. The number of benzene rings is 2. The van der Waals surface area contributed by atoms with Crippen molar-refractivity contribution in [3.8, 4) is 17.0 Å². The number of hydrogen-bond acceptors (Lipinski definition) is 6. The van der Waals surface area contributed by atoms with E-state index in [9.17, 15) is 24.8 Å². The van der Waals surface area contributed by atoms with Gasteiger partial charge in [-0.1, -0.05) is 0 Å². The summed E-state index contributed by atoms with van der Waals surface area (Å²) in [5.41, 5.74) is 1.08. The van der Waals surface area contributed by atoms with Crippen molar-refractivity contribution in [3.63, 3.8) is 0 Å². The summed E-state index contributed by atoms with van der Waals surface area (Å²) < 4.78 is 3.40. The number of hydrogen-bond donors (Lipinski definition) is 1. The summed E-state index contributed by atoms with van der Waals surface area (Å²) >= 11 is 0. The highest BCUT2D eigenvalue weighted by atomic mass is 35.5. The van der Waals surface area contributed by atoms with Crippen LogP contribution in [0.15, 0.2) is 59.9 Å². The first kappa shape index (κ1) is 21.3. The van der Waals surface area contributed by atoms with Crippen LogP contribution >= 0.6 is 12.4 Å². The molecule has 0 bridgehead atoms. The minimum absolute atomic E-state index is 0. The lowest BCUT2D eigenvalue weighted by molar-refractivity contribution is -0.384. The van der Waals surface area contributed by atoms with Gasteiger partial charge in [-0.25, -0.2) is 4.98 Å². The van der Waals surface area contributed by atoms with E-state index < -0.39 is 10.5 Å². The van der Waals surface area contributed by atoms with Gasteiger partial charge in [-0.15, -0.1) is 12.4 Å². The number of nitro groups is 1. The summed E-state index contributed by atoms with van der Waals surface area (Å²) in [5, 5.41) is 21.6. The Morgan fingerprint density at radius 2 is 1.84 bits per heavy atom. The topological polar surface area (TPSA) is 120 Å². The molecule has 2 aromatic carbocycles. The molecule has 32 heavy (non-hydrogen) atoms. The lowest BCUT2D eigenvalue weighted by Crippen LogP contribution is -2.24. The molecule has 0 saturated carbocycles. The van der Waals surface area contributed by atoms with E-state index in [2.05, 4.69) is 4.98 Å². The fourth-order valence-corrected chi connectivity index (χ4v) is 4.17. The standard InChI is InChI=1S/C22H16N4O5.ClH/c27-14-3-5-16-17(11-14)21(28)19-15-4-2-13(26(30)31)10-18(15)22(29)25(20(16)19)8-1-7-24-9-6-23-12-24;/h2-6,9-12,27H,1,7-8H2;1H. The van der Waals surface area contributed by atoms with E-state index in [0.29, 0.717) is 47.3 Å². The largest absolute Gasteiger partial charge is 0.508 e. The molecule has 2 aromatic heterocycles. The summed E-state index contributed by atoms with van der Waals surface area (Å²) in [5.74, 6) is -0.364. The second-order valence-corrected chi connectivity index (χ2v) is 7.38. The number of carbonyl (C=O) groups excluding carboxylic acids is 1. The van der Waals surface area contributed by atoms with Crippen LogP contribution < -0.4 is 5.56 Å². The van der Waals surface area contributed by atoms with Gasteiger partial charge in [-0.3, -0.25) is 19.7 Å². The molecule has 0 aliphatic heterocycles. The molecule has 4 aromatic rings. The molecule has 0 atom stereocenters. The SMILES string of the molecule is Cl.O=C1c2cc(O)ccc2-c2c1c1ccc([N+](=O)[O-])cc1c(=O)n2CCCn1ccnc1. The van der Waals surface area contributed by atoms with Crippen molar-refractivity contribution in [1.82, 2.24) is 14.1 Å². The molecule has 0 unspecified atom stereocenters. The first-order valence-electron chi connectivity index (χ1n) is 9.64. The number of imidazole rings is 1. The van der Waals surface area contributed by atoms with Crippen LogP contribution in [0.1, 0.15) is 22.3 Å². The predicted molar refractivity (Wildman–Crippen MR) is 119 cm³/mol.